The molecule has 0 aliphatic rings. The van der Waals surface area contributed by atoms with Gasteiger partial charge in [-0.25, -0.2) is 9.59 Å². The fourth-order valence-corrected chi connectivity index (χ4v) is 8.56. The van der Waals surface area contributed by atoms with Crippen molar-refractivity contribution in [1.82, 2.24) is 0 Å². The molecule has 0 saturated heterocycles. The highest BCUT2D eigenvalue weighted by Crippen LogP contribution is 2.34. The molecule has 0 unspecified atom stereocenters. The molecular weight excluding hydrogens is 805 g/mol. The van der Waals surface area contributed by atoms with Crippen LogP contribution >= 0.6 is 0 Å². The summed E-state index contributed by atoms with van der Waals surface area (Å²) in [7, 11) is 0. The summed E-state index contributed by atoms with van der Waals surface area (Å²) in [6, 6.07) is 10.2. The van der Waals surface area contributed by atoms with Crippen LogP contribution in [0.25, 0.3) is 0 Å². The van der Waals surface area contributed by atoms with Crippen LogP contribution in [-0.4, -0.2) is 48.6 Å². The van der Waals surface area contributed by atoms with E-state index in [1.54, 1.807) is 24.3 Å². The first-order valence-corrected chi connectivity index (χ1v) is 26.6. The predicted octanol–water partition coefficient (Wildman–Crippen LogP) is 16.7. The van der Waals surface area contributed by atoms with E-state index in [2.05, 4.69) is 37.5 Å². The van der Waals surface area contributed by atoms with Crippen molar-refractivity contribution in [3.05, 3.63) is 69.8 Å². The minimum atomic E-state index is -1.05. The Hall–Kier alpha value is -3.58. The van der Waals surface area contributed by atoms with Crippen molar-refractivity contribution in [1.29, 1.82) is 0 Å². The average Bonchev–Trinajstić information content (AvgIpc) is 3.30. The maximum absolute atomic E-state index is 12.2. The molecule has 0 aromatic heterocycles. The molecular formula is C59H92O6. The van der Waals surface area contributed by atoms with Crippen LogP contribution in [0.5, 0.6) is 0 Å². The Balaban J connectivity index is 1.74. The molecule has 0 atom stereocenters. The molecule has 0 bridgehead atoms. The third kappa shape index (κ3) is 28.9. The van der Waals surface area contributed by atoms with Gasteiger partial charge in [0.15, 0.2) is 0 Å². The van der Waals surface area contributed by atoms with Gasteiger partial charge < -0.3 is 19.7 Å². The molecule has 0 amide bonds. The van der Waals surface area contributed by atoms with Gasteiger partial charge in [0.1, 0.15) is 13.2 Å². The van der Waals surface area contributed by atoms with Gasteiger partial charge in [-0.3, -0.25) is 0 Å². The van der Waals surface area contributed by atoms with E-state index in [0.717, 1.165) is 36.8 Å². The highest BCUT2D eigenvalue weighted by molar-refractivity contribution is 5.89. The standard InChI is InChI=1S/C59H92O6/c1-5-7-9-11-13-15-17-19-21-23-25-27-29-31-33-35-41-64-43-37-39-51-45-53(57(60)61)49-55(47-51)59(3,4)56-48-52(46-54(50-56)58(62)63)40-38-44-65-42-36-34-32-30-28-26-24-22-20-18-16-14-12-10-8-6-2/h45-50H,5-36,41-44H2,1-4H3,(H,60,61)(H,62,63). The number of carboxylic acids is 2. The van der Waals surface area contributed by atoms with Crippen molar-refractivity contribution in [2.24, 2.45) is 0 Å². The number of carbonyl (C=O) groups is 2. The van der Waals surface area contributed by atoms with Crippen LogP contribution < -0.4 is 0 Å². The van der Waals surface area contributed by atoms with Gasteiger partial charge in [0.2, 0.25) is 0 Å². The summed E-state index contributed by atoms with van der Waals surface area (Å²) in [6.45, 7) is 10.4. The van der Waals surface area contributed by atoms with E-state index in [9.17, 15) is 19.8 Å². The highest BCUT2D eigenvalue weighted by atomic mass is 16.5. The van der Waals surface area contributed by atoms with E-state index in [-0.39, 0.29) is 24.3 Å². The van der Waals surface area contributed by atoms with Crippen molar-refractivity contribution >= 4 is 11.9 Å². The zero-order valence-electron chi connectivity index (χ0n) is 41.9. The zero-order chi connectivity index (χ0) is 47.1. The Bertz CT molecular complexity index is 1550. The van der Waals surface area contributed by atoms with Gasteiger partial charge in [-0.2, -0.15) is 0 Å². The van der Waals surface area contributed by atoms with Gasteiger partial charge in [-0.15, -0.1) is 0 Å². The quantitative estimate of drug-likeness (QED) is 0.0511. The summed E-state index contributed by atoms with van der Waals surface area (Å²) < 4.78 is 11.6. The molecule has 0 aliphatic carbocycles. The summed E-state index contributed by atoms with van der Waals surface area (Å²) in [5.41, 5.74) is 2.12. The van der Waals surface area contributed by atoms with Crippen molar-refractivity contribution in [3.8, 4) is 23.7 Å². The molecule has 0 fully saturated rings. The van der Waals surface area contributed by atoms with Crippen molar-refractivity contribution in [3.63, 3.8) is 0 Å². The average molecular weight is 897 g/mol. The molecule has 0 saturated carbocycles. The van der Waals surface area contributed by atoms with Gasteiger partial charge in [0.25, 0.3) is 0 Å². The maximum Gasteiger partial charge on any atom is 0.335 e. The van der Waals surface area contributed by atoms with Crippen molar-refractivity contribution in [2.75, 3.05) is 26.4 Å². The Morgan fingerprint density at radius 1 is 0.415 bits per heavy atom. The number of unbranched alkanes of at least 4 members (excludes halogenated alkanes) is 30. The fourth-order valence-electron chi connectivity index (χ4n) is 8.56. The maximum atomic E-state index is 12.2. The first-order valence-electron chi connectivity index (χ1n) is 26.6. The van der Waals surface area contributed by atoms with Crippen LogP contribution in [0.2, 0.25) is 0 Å². The van der Waals surface area contributed by atoms with Crippen LogP contribution in [0.15, 0.2) is 36.4 Å². The molecule has 2 aromatic carbocycles. The van der Waals surface area contributed by atoms with Crippen LogP contribution in [0.1, 0.15) is 276 Å². The van der Waals surface area contributed by atoms with Gasteiger partial charge in [0.05, 0.1) is 11.1 Å². The molecule has 6 heteroatoms. The Morgan fingerprint density at radius 2 is 0.677 bits per heavy atom. The fraction of sp³-hybridized carbons (Fsp3) is 0.695. The monoisotopic (exact) mass is 897 g/mol. The van der Waals surface area contributed by atoms with Gasteiger partial charge in [-0.1, -0.05) is 244 Å². The number of carboxylic acid groups (broad SMARTS) is 2. The lowest BCUT2D eigenvalue weighted by atomic mass is 9.76. The Morgan fingerprint density at radius 3 is 0.938 bits per heavy atom. The van der Waals surface area contributed by atoms with Crippen LogP contribution in [0.3, 0.4) is 0 Å². The smallest absolute Gasteiger partial charge is 0.335 e. The second-order valence-corrected chi connectivity index (χ2v) is 19.1. The Kier molecular flexibility index (Phi) is 34.1. The number of rotatable bonds is 40. The van der Waals surface area contributed by atoms with Crippen molar-refractivity contribution in [2.45, 2.75) is 239 Å². The van der Waals surface area contributed by atoms with E-state index in [1.807, 2.05) is 26.0 Å². The highest BCUT2D eigenvalue weighted by Gasteiger charge is 2.26. The molecule has 2 N–H and O–H groups in total. The SMILES string of the molecule is CCCCCCCCCCCCCCCCCCOCC#Cc1cc(C(=O)O)cc(C(C)(C)c2cc(C#CCOCCCCCCCCCCCCCCCCCC)cc(C(=O)O)c2)c1. The molecule has 0 aliphatic heterocycles. The van der Waals surface area contributed by atoms with Gasteiger partial charge in [0, 0.05) is 29.8 Å². The zero-order valence-corrected chi connectivity index (χ0v) is 41.9. The van der Waals surface area contributed by atoms with Crippen LogP contribution in [0, 0.1) is 23.7 Å². The third-order valence-electron chi connectivity index (χ3n) is 12.9. The van der Waals surface area contributed by atoms with Crippen LogP contribution in [0.4, 0.5) is 0 Å². The van der Waals surface area contributed by atoms with Crippen molar-refractivity contribution < 1.29 is 29.3 Å². The van der Waals surface area contributed by atoms with Crippen LogP contribution in [-0.2, 0) is 14.9 Å². The number of hydrogen-bond acceptors (Lipinski definition) is 4. The normalized spacial score (nSPS) is 11.3. The van der Waals surface area contributed by atoms with E-state index < -0.39 is 17.4 Å². The lowest BCUT2D eigenvalue weighted by molar-refractivity contribution is 0.0686. The number of aromatic carboxylic acids is 2. The molecule has 0 spiro atoms. The summed E-state index contributed by atoms with van der Waals surface area (Å²) in [5.74, 6) is 10.3. The number of ether oxygens (including phenoxy) is 2. The number of hydrogen-bond donors (Lipinski definition) is 2. The predicted molar refractivity (Wildman–Crippen MR) is 273 cm³/mol. The van der Waals surface area contributed by atoms with E-state index in [0.29, 0.717) is 24.3 Å². The molecule has 0 radical (unpaired) electrons. The molecule has 0 heterocycles. The molecule has 364 valence electrons. The van der Waals surface area contributed by atoms with Gasteiger partial charge >= 0.3 is 11.9 Å². The third-order valence-corrected chi connectivity index (χ3v) is 12.9. The van der Waals surface area contributed by atoms with E-state index in [1.165, 1.54) is 180 Å². The summed E-state index contributed by atoms with van der Waals surface area (Å²) in [4.78, 5) is 24.4. The Labute approximate surface area is 398 Å². The molecule has 2 rings (SSSR count). The summed E-state index contributed by atoms with van der Waals surface area (Å²) in [5, 5.41) is 20.0. The largest absolute Gasteiger partial charge is 0.478 e. The number of benzene rings is 2. The second-order valence-electron chi connectivity index (χ2n) is 19.1. The minimum Gasteiger partial charge on any atom is -0.478 e. The van der Waals surface area contributed by atoms with E-state index in [4.69, 9.17) is 9.47 Å². The lowest BCUT2D eigenvalue weighted by Gasteiger charge is -2.27. The van der Waals surface area contributed by atoms with E-state index >= 15 is 0 Å². The topological polar surface area (TPSA) is 93.1 Å². The molecule has 6 nitrogen and oxygen atoms in total. The second kappa shape index (κ2) is 38.5. The lowest BCUT2D eigenvalue weighted by Crippen LogP contribution is -2.21. The van der Waals surface area contributed by atoms with Gasteiger partial charge in [-0.05, 0) is 60.4 Å². The minimum absolute atomic E-state index is 0.129. The summed E-state index contributed by atoms with van der Waals surface area (Å²) >= 11 is 0. The first kappa shape index (κ1) is 57.5. The molecule has 2 aromatic rings. The first-order chi connectivity index (χ1) is 31.7. The molecule has 65 heavy (non-hydrogen) atoms. The summed E-state index contributed by atoms with van der Waals surface area (Å²) in [6.07, 6.45) is 42.6.